The van der Waals surface area contributed by atoms with Crippen LogP contribution in [0.15, 0.2) is 4.52 Å². The fourth-order valence-electron chi connectivity index (χ4n) is 2.79. The average Bonchev–Trinajstić information content (AvgIpc) is 3.00. The second kappa shape index (κ2) is 5.87. The lowest BCUT2D eigenvalue weighted by Gasteiger charge is -2.16. The number of hydrogen-bond acceptors (Lipinski definition) is 5. The molecule has 0 radical (unpaired) electrons. The molecule has 2 unspecified atom stereocenters. The zero-order valence-electron chi connectivity index (χ0n) is 13.2. The van der Waals surface area contributed by atoms with E-state index in [1.54, 1.807) is 11.8 Å². The molecule has 116 valence electrons. The molecule has 1 aliphatic rings. The van der Waals surface area contributed by atoms with E-state index in [4.69, 9.17) is 9.26 Å². The number of aryl methyl sites for hydroxylation is 1. The van der Waals surface area contributed by atoms with Gasteiger partial charge in [-0.25, -0.2) is 0 Å². The predicted molar refractivity (Wildman–Crippen MR) is 75.9 cm³/mol. The third kappa shape index (κ3) is 2.80. The number of rotatable bonds is 3. The number of aromatic nitrogens is 1. The summed E-state index contributed by atoms with van der Waals surface area (Å²) < 4.78 is 10.1. The van der Waals surface area contributed by atoms with Crippen molar-refractivity contribution in [2.45, 2.75) is 33.6 Å². The molecule has 6 nitrogen and oxygen atoms in total. The zero-order valence-corrected chi connectivity index (χ0v) is 13.2. The summed E-state index contributed by atoms with van der Waals surface area (Å²) in [4.78, 5) is 26.2. The van der Waals surface area contributed by atoms with Crippen LogP contribution in [0.25, 0.3) is 0 Å². The smallest absolute Gasteiger partial charge is 0.310 e. The first kappa shape index (κ1) is 15.5. The van der Waals surface area contributed by atoms with Gasteiger partial charge in [0, 0.05) is 19.0 Å². The molecule has 1 aliphatic heterocycles. The summed E-state index contributed by atoms with van der Waals surface area (Å²) >= 11 is 0. The predicted octanol–water partition coefficient (Wildman–Crippen LogP) is 1.99. The highest BCUT2D eigenvalue weighted by molar-refractivity contribution is 5.97. The molecular formula is C15H22N2O4. The maximum atomic E-state index is 12.7. The molecule has 2 atom stereocenters. The number of esters is 1. The van der Waals surface area contributed by atoms with Gasteiger partial charge in [0.05, 0.1) is 18.7 Å². The normalized spacial score (nSPS) is 21.9. The minimum absolute atomic E-state index is 0.0848. The molecule has 0 saturated carbocycles. The van der Waals surface area contributed by atoms with E-state index in [1.807, 2.05) is 20.8 Å². The van der Waals surface area contributed by atoms with Crippen LogP contribution in [0.1, 0.15) is 48.5 Å². The Morgan fingerprint density at radius 3 is 2.62 bits per heavy atom. The minimum atomic E-state index is -0.262. The second-order valence-corrected chi connectivity index (χ2v) is 5.98. The van der Waals surface area contributed by atoms with Crippen LogP contribution in [0.2, 0.25) is 0 Å². The van der Waals surface area contributed by atoms with Crippen molar-refractivity contribution in [1.82, 2.24) is 10.1 Å². The summed E-state index contributed by atoms with van der Waals surface area (Å²) in [7, 11) is 1.38. The lowest BCUT2D eigenvalue weighted by atomic mass is 9.99. The Hall–Kier alpha value is -1.85. The summed E-state index contributed by atoms with van der Waals surface area (Å²) in [6, 6.07) is 0. The van der Waals surface area contributed by atoms with Crippen LogP contribution >= 0.6 is 0 Å². The van der Waals surface area contributed by atoms with Gasteiger partial charge in [0.2, 0.25) is 0 Å². The lowest BCUT2D eigenvalue weighted by molar-refractivity contribution is -0.146. The number of likely N-dealkylation sites (tertiary alicyclic amines) is 1. The largest absolute Gasteiger partial charge is 0.469 e. The van der Waals surface area contributed by atoms with Crippen molar-refractivity contribution in [3.8, 4) is 0 Å². The monoisotopic (exact) mass is 294 g/mol. The number of carbonyl (C=O) groups is 2. The van der Waals surface area contributed by atoms with E-state index in [9.17, 15) is 9.59 Å². The molecule has 1 aromatic rings. The Balaban J connectivity index is 2.23. The molecule has 0 bridgehead atoms. The highest BCUT2D eigenvalue weighted by Crippen LogP contribution is 2.29. The van der Waals surface area contributed by atoms with Crippen molar-refractivity contribution >= 4 is 11.9 Å². The van der Waals surface area contributed by atoms with Crippen LogP contribution in [0, 0.1) is 18.8 Å². The van der Waals surface area contributed by atoms with Crippen LogP contribution in [-0.4, -0.2) is 42.1 Å². The fraction of sp³-hybridized carbons (Fsp3) is 0.667. The molecule has 21 heavy (non-hydrogen) atoms. The summed E-state index contributed by atoms with van der Waals surface area (Å²) in [6.07, 6.45) is 0. The highest BCUT2D eigenvalue weighted by Gasteiger charge is 2.39. The van der Waals surface area contributed by atoms with Gasteiger partial charge in [-0.15, -0.1) is 0 Å². The molecule has 1 amide bonds. The van der Waals surface area contributed by atoms with E-state index in [1.165, 1.54) is 7.11 Å². The molecule has 0 N–H and O–H groups in total. The summed E-state index contributed by atoms with van der Waals surface area (Å²) in [6.45, 7) is 8.56. The van der Waals surface area contributed by atoms with Gasteiger partial charge in [-0.05, 0) is 12.8 Å². The van der Waals surface area contributed by atoms with Gasteiger partial charge < -0.3 is 14.2 Å². The molecule has 2 rings (SSSR count). The first-order valence-electron chi connectivity index (χ1n) is 7.20. The Bertz CT molecular complexity index is 550. The molecule has 1 saturated heterocycles. The Morgan fingerprint density at radius 1 is 1.38 bits per heavy atom. The topological polar surface area (TPSA) is 72.6 Å². The maximum absolute atomic E-state index is 12.7. The molecule has 0 aromatic carbocycles. The minimum Gasteiger partial charge on any atom is -0.469 e. The average molecular weight is 294 g/mol. The Kier molecular flexibility index (Phi) is 4.34. The van der Waals surface area contributed by atoms with Gasteiger partial charge >= 0.3 is 5.97 Å². The first-order chi connectivity index (χ1) is 9.86. The number of methoxy groups -OCH3 is 1. The van der Waals surface area contributed by atoms with E-state index in [-0.39, 0.29) is 29.6 Å². The molecule has 6 heteroatoms. The van der Waals surface area contributed by atoms with Gasteiger partial charge in [0.25, 0.3) is 5.91 Å². The van der Waals surface area contributed by atoms with Crippen LogP contribution in [0.3, 0.4) is 0 Å². The van der Waals surface area contributed by atoms with Crippen LogP contribution in [0.4, 0.5) is 0 Å². The quantitative estimate of drug-likeness (QED) is 0.797. The Labute approximate surface area is 124 Å². The molecule has 0 aliphatic carbocycles. The summed E-state index contributed by atoms with van der Waals surface area (Å²) in [5.74, 6) is 0.138. The summed E-state index contributed by atoms with van der Waals surface area (Å²) in [5.41, 5.74) is 1.13. The van der Waals surface area contributed by atoms with E-state index < -0.39 is 0 Å². The van der Waals surface area contributed by atoms with E-state index >= 15 is 0 Å². The first-order valence-corrected chi connectivity index (χ1v) is 7.20. The van der Waals surface area contributed by atoms with Gasteiger partial charge in [-0.2, -0.15) is 0 Å². The molecule has 1 fully saturated rings. The summed E-state index contributed by atoms with van der Waals surface area (Å²) in [5, 5.41) is 3.91. The fourth-order valence-corrected chi connectivity index (χ4v) is 2.79. The van der Waals surface area contributed by atoms with Crippen molar-refractivity contribution in [2.75, 3.05) is 20.2 Å². The van der Waals surface area contributed by atoms with Crippen molar-refractivity contribution < 1.29 is 18.8 Å². The van der Waals surface area contributed by atoms with Gasteiger partial charge in [0.1, 0.15) is 5.56 Å². The number of amides is 1. The van der Waals surface area contributed by atoms with Gasteiger partial charge in [-0.3, -0.25) is 9.59 Å². The van der Waals surface area contributed by atoms with Crippen LogP contribution < -0.4 is 0 Å². The zero-order chi connectivity index (χ0) is 15.7. The molecule has 1 aromatic heterocycles. The SMILES string of the molecule is COC(=O)C1CN(C(=O)c2c(C)noc2C(C)C)CC1C. The maximum Gasteiger partial charge on any atom is 0.310 e. The second-order valence-electron chi connectivity index (χ2n) is 5.98. The van der Waals surface area contributed by atoms with E-state index in [2.05, 4.69) is 5.16 Å². The highest BCUT2D eigenvalue weighted by atomic mass is 16.5. The van der Waals surface area contributed by atoms with Crippen molar-refractivity contribution in [3.05, 3.63) is 17.0 Å². The van der Waals surface area contributed by atoms with Gasteiger partial charge in [0.15, 0.2) is 5.76 Å². The number of nitrogens with zero attached hydrogens (tertiary/aromatic N) is 2. The van der Waals surface area contributed by atoms with Crippen molar-refractivity contribution in [2.24, 2.45) is 11.8 Å². The lowest BCUT2D eigenvalue weighted by Crippen LogP contribution is -2.31. The molecule has 2 heterocycles. The molecular weight excluding hydrogens is 272 g/mol. The van der Waals surface area contributed by atoms with Crippen LogP contribution in [0.5, 0.6) is 0 Å². The van der Waals surface area contributed by atoms with Crippen LogP contribution in [-0.2, 0) is 9.53 Å². The van der Waals surface area contributed by atoms with E-state index in [0.29, 0.717) is 30.1 Å². The van der Waals surface area contributed by atoms with E-state index in [0.717, 1.165) is 0 Å². The number of hydrogen-bond donors (Lipinski definition) is 0. The third-order valence-electron chi connectivity index (χ3n) is 4.03. The Morgan fingerprint density at radius 2 is 2.05 bits per heavy atom. The van der Waals surface area contributed by atoms with Gasteiger partial charge in [-0.1, -0.05) is 25.9 Å². The van der Waals surface area contributed by atoms with Crippen molar-refractivity contribution in [1.29, 1.82) is 0 Å². The third-order valence-corrected chi connectivity index (χ3v) is 4.03. The standard InChI is InChI=1S/C15H22N2O4/c1-8(2)13-12(10(4)16-21-13)14(18)17-6-9(3)11(7-17)15(19)20-5/h8-9,11H,6-7H2,1-5H3. The molecule has 0 spiro atoms. The van der Waals surface area contributed by atoms with Crippen molar-refractivity contribution in [3.63, 3.8) is 0 Å². The number of carbonyl (C=O) groups excluding carboxylic acids is 2. The number of ether oxygens (including phenoxy) is 1.